The van der Waals surface area contributed by atoms with Gasteiger partial charge in [-0.25, -0.2) is 4.39 Å². The molecule has 1 heterocycles. The molecule has 0 amide bonds. The van der Waals surface area contributed by atoms with E-state index in [1.807, 2.05) is 35.9 Å². The molecule has 0 unspecified atom stereocenters. The average Bonchev–Trinajstić information content (AvgIpc) is 2.51. The van der Waals surface area contributed by atoms with Gasteiger partial charge in [-0.2, -0.15) is 5.26 Å². The van der Waals surface area contributed by atoms with E-state index < -0.39 is 0 Å². The zero-order chi connectivity index (χ0) is 10.3. The Labute approximate surface area is 94.4 Å². The van der Waals surface area contributed by atoms with Crippen LogP contribution in [0.2, 0.25) is 0 Å². The lowest BCUT2D eigenvalue weighted by Gasteiger charge is -1.98. The first-order valence-electron chi connectivity index (χ1n) is 4.02. The van der Waals surface area contributed by atoms with Crippen molar-refractivity contribution < 1.29 is 4.39 Å². The van der Waals surface area contributed by atoms with Crippen molar-refractivity contribution in [2.45, 2.75) is 6.92 Å². The van der Waals surface area contributed by atoms with E-state index in [9.17, 15) is 4.39 Å². The molecule has 70 valence electrons. The van der Waals surface area contributed by atoms with Crippen molar-refractivity contribution in [2.24, 2.45) is 0 Å². The molecule has 0 saturated heterocycles. The first-order valence-corrected chi connectivity index (χ1v) is 4.98. The van der Waals surface area contributed by atoms with Gasteiger partial charge >= 0.3 is 0 Å². The standard InChI is InChI=1S/C10H6FIN2/c1-6-2-3-9(11)10-8(6)4-7(5-13)14(10)12/h2-4H,1H3. The number of aryl methyl sites for hydroxylation is 1. The van der Waals surface area contributed by atoms with Crippen LogP contribution in [-0.4, -0.2) is 2.78 Å². The fourth-order valence-corrected chi connectivity index (χ4v) is 2.19. The molecule has 0 N–H and O–H groups in total. The molecule has 0 radical (unpaired) electrons. The highest BCUT2D eigenvalue weighted by molar-refractivity contribution is 14.1. The summed E-state index contributed by atoms with van der Waals surface area (Å²) in [5.74, 6) is -0.290. The second-order valence-electron chi connectivity index (χ2n) is 3.05. The summed E-state index contributed by atoms with van der Waals surface area (Å²) in [5, 5.41) is 9.60. The summed E-state index contributed by atoms with van der Waals surface area (Å²) in [4.78, 5) is 0. The van der Waals surface area contributed by atoms with Crippen molar-refractivity contribution in [3.05, 3.63) is 35.3 Å². The quantitative estimate of drug-likeness (QED) is 0.687. The Balaban J connectivity index is 2.99. The predicted molar refractivity (Wildman–Crippen MR) is 60.8 cm³/mol. The smallest absolute Gasteiger partial charge is 0.148 e. The van der Waals surface area contributed by atoms with Crippen LogP contribution in [0.5, 0.6) is 0 Å². The number of halogens is 2. The zero-order valence-corrected chi connectivity index (χ0v) is 9.54. The molecule has 0 saturated carbocycles. The van der Waals surface area contributed by atoms with Gasteiger partial charge in [-0.3, -0.25) is 2.78 Å². The maximum absolute atomic E-state index is 13.4. The average molecular weight is 300 g/mol. The molecular weight excluding hydrogens is 294 g/mol. The van der Waals surface area contributed by atoms with E-state index in [1.165, 1.54) is 6.07 Å². The molecule has 2 nitrogen and oxygen atoms in total. The minimum atomic E-state index is -0.290. The molecule has 0 aliphatic carbocycles. The zero-order valence-electron chi connectivity index (χ0n) is 7.38. The molecule has 2 rings (SSSR count). The number of benzene rings is 1. The van der Waals surface area contributed by atoms with Gasteiger partial charge in [-0.05, 0) is 24.6 Å². The number of hydrogen-bond acceptors (Lipinski definition) is 1. The van der Waals surface area contributed by atoms with E-state index in [0.29, 0.717) is 11.2 Å². The summed E-state index contributed by atoms with van der Waals surface area (Å²) in [6, 6.07) is 6.88. The van der Waals surface area contributed by atoms with E-state index in [2.05, 4.69) is 0 Å². The predicted octanol–water partition coefficient (Wildman–Crippen LogP) is 3.16. The van der Waals surface area contributed by atoms with E-state index in [1.54, 1.807) is 14.9 Å². The molecule has 14 heavy (non-hydrogen) atoms. The van der Waals surface area contributed by atoms with Crippen molar-refractivity contribution >= 4 is 33.8 Å². The Bertz CT molecular complexity index is 551. The lowest BCUT2D eigenvalue weighted by Crippen LogP contribution is -1.86. The molecule has 1 aromatic carbocycles. The maximum Gasteiger partial charge on any atom is 0.148 e. The minimum Gasteiger partial charge on any atom is -0.270 e. The third-order valence-electron chi connectivity index (χ3n) is 2.19. The number of nitriles is 1. The summed E-state index contributed by atoms with van der Waals surface area (Å²) in [5.41, 5.74) is 1.93. The van der Waals surface area contributed by atoms with Gasteiger partial charge in [0.25, 0.3) is 0 Å². The van der Waals surface area contributed by atoms with Gasteiger partial charge in [0.1, 0.15) is 17.6 Å². The number of hydrogen-bond donors (Lipinski definition) is 0. The van der Waals surface area contributed by atoms with Gasteiger partial charge in [0.2, 0.25) is 0 Å². The van der Waals surface area contributed by atoms with Crippen molar-refractivity contribution in [1.29, 1.82) is 5.26 Å². The Morgan fingerprint density at radius 3 is 2.79 bits per heavy atom. The number of rotatable bonds is 0. The van der Waals surface area contributed by atoms with Crippen LogP contribution in [0.4, 0.5) is 4.39 Å². The summed E-state index contributed by atoms with van der Waals surface area (Å²) >= 11 is 1.93. The first kappa shape index (κ1) is 9.46. The molecular formula is C10H6FIN2. The first-order chi connectivity index (χ1) is 6.65. The van der Waals surface area contributed by atoms with Gasteiger partial charge in [0, 0.05) is 5.39 Å². The Morgan fingerprint density at radius 2 is 2.21 bits per heavy atom. The number of fused-ring (bicyclic) bond motifs is 1. The SMILES string of the molecule is Cc1ccc(F)c2c1cc(C#N)n2I. The van der Waals surface area contributed by atoms with Crippen LogP contribution < -0.4 is 0 Å². The Hall–Kier alpha value is -1.09. The van der Waals surface area contributed by atoms with E-state index in [4.69, 9.17) is 5.26 Å². The second kappa shape index (κ2) is 3.24. The Kier molecular flexibility index (Phi) is 2.19. The van der Waals surface area contributed by atoms with Crippen LogP contribution in [0.1, 0.15) is 11.3 Å². The van der Waals surface area contributed by atoms with Gasteiger partial charge in [-0.15, -0.1) is 0 Å². The molecule has 0 bridgehead atoms. The monoisotopic (exact) mass is 300 g/mol. The molecule has 0 atom stereocenters. The van der Waals surface area contributed by atoms with Crippen molar-refractivity contribution in [2.75, 3.05) is 0 Å². The summed E-state index contributed by atoms with van der Waals surface area (Å²) in [6.45, 7) is 1.90. The lowest BCUT2D eigenvalue weighted by molar-refractivity contribution is 0.636. The Morgan fingerprint density at radius 1 is 1.50 bits per heavy atom. The third-order valence-corrected chi connectivity index (χ3v) is 3.19. The minimum absolute atomic E-state index is 0.290. The van der Waals surface area contributed by atoms with Gasteiger partial charge in [0.15, 0.2) is 0 Å². The lowest BCUT2D eigenvalue weighted by atomic mass is 10.1. The van der Waals surface area contributed by atoms with Crippen LogP contribution >= 0.6 is 22.9 Å². The molecule has 2 aromatic rings. The van der Waals surface area contributed by atoms with Crippen LogP contribution in [0.3, 0.4) is 0 Å². The van der Waals surface area contributed by atoms with Crippen molar-refractivity contribution in [3.63, 3.8) is 0 Å². The van der Waals surface area contributed by atoms with Gasteiger partial charge in [0.05, 0.1) is 28.4 Å². The van der Waals surface area contributed by atoms with Crippen LogP contribution in [0, 0.1) is 24.1 Å². The van der Waals surface area contributed by atoms with Gasteiger partial charge < -0.3 is 0 Å². The molecule has 0 aliphatic rings. The molecule has 1 aromatic heterocycles. The highest BCUT2D eigenvalue weighted by Crippen LogP contribution is 2.27. The molecule has 0 spiro atoms. The molecule has 0 aliphatic heterocycles. The normalized spacial score (nSPS) is 10.4. The van der Waals surface area contributed by atoms with Gasteiger partial charge in [-0.1, -0.05) is 6.07 Å². The molecule has 4 heteroatoms. The number of nitrogens with zero attached hydrogens (tertiary/aromatic N) is 2. The van der Waals surface area contributed by atoms with Crippen molar-refractivity contribution in [3.8, 4) is 6.07 Å². The topological polar surface area (TPSA) is 28.7 Å². The summed E-state index contributed by atoms with van der Waals surface area (Å²) < 4.78 is 15.0. The largest absolute Gasteiger partial charge is 0.270 e. The molecule has 0 fully saturated rings. The number of aromatic nitrogens is 1. The highest BCUT2D eigenvalue weighted by atomic mass is 127. The maximum atomic E-state index is 13.4. The van der Waals surface area contributed by atoms with Crippen molar-refractivity contribution in [1.82, 2.24) is 2.78 Å². The van der Waals surface area contributed by atoms with Crippen LogP contribution in [0.15, 0.2) is 18.2 Å². The van der Waals surface area contributed by atoms with E-state index in [-0.39, 0.29) is 5.82 Å². The fraction of sp³-hybridized carbons (Fsp3) is 0.100. The fourth-order valence-electron chi connectivity index (χ4n) is 1.45. The summed E-state index contributed by atoms with van der Waals surface area (Å²) in [6.07, 6.45) is 0. The van der Waals surface area contributed by atoms with Crippen LogP contribution in [0.25, 0.3) is 10.9 Å². The van der Waals surface area contributed by atoms with E-state index in [0.717, 1.165) is 10.9 Å². The third kappa shape index (κ3) is 1.20. The second-order valence-corrected chi connectivity index (χ2v) is 4.01. The highest BCUT2D eigenvalue weighted by Gasteiger charge is 2.11. The summed E-state index contributed by atoms with van der Waals surface area (Å²) in [7, 11) is 0. The van der Waals surface area contributed by atoms with E-state index >= 15 is 0 Å². The van der Waals surface area contributed by atoms with Crippen LogP contribution in [-0.2, 0) is 0 Å².